The molecule has 1 nitrogen and oxygen atoms in total. The summed E-state index contributed by atoms with van der Waals surface area (Å²) in [6.07, 6.45) is 9.69. The van der Waals surface area contributed by atoms with Crippen LogP contribution < -0.4 is 0 Å². The molecule has 1 aliphatic carbocycles. The van der Waals surface area contributed by atoms with Crippen LogP contribution >= 0.6 is 0 Å². The van der Waals surface area contributed by atoms with Gasteiger partial charge in [0.15, 0.2) is 0 Å². The molecule has 2 atom stereocenters. The zero-order chi connectivity index (χ0) is 14.8. The zero-order valence-electron chi connectivity index (χ0n) is 12.8. The molecule has 112 valence electrons. The second-order valence-electron chi connectivity index (χ2n) is 6.36. The van der Waals surface area contributed by atoms with E-state index in [0.29, 0.717) is 12.0 Å². The van der Waals surface area contributed by atoms with Crippen LogP contribution in [0.25, 0.3) is 0 Å². The molecule has 22 heavy (non-hydrogen) atoms. The minimum Gasteiger partial charge on any atom is -0.361 e. The first kappa shape index (κ1) is 13.8. The van der Waals surface area contributed by atoms with Crippen LogP contribution in [-0.2, 0) is 10.3 Å². The monoisotopic (exact) mass is 290 g/mol. The van der Waals surface area contributed by atoms with Crippen molar-refractivity contribution in [3.8, 4) is 0 Å². The van der Waals surface area contributed by atoms with Gasteiger partial charge in [-0.3, -0.25) is 0 Å². The third-order valence-electron chi connectivity index (χ3n) is 5.14. The molecule has 2 unspecified atom stereocenters. The van der Waals surface area contributed by atoms with Crippen LogP contribution in [0.3, 0.4) is 0 Å². The van der Waals surface area contributed by atoms with Gasteiger partial charge in [-0.1, -0.05) is 72.8 Å². The summed E-state index contributed by atoms with van der Waals surface area (Å²) in [5, 5.41) is 0. The van der Waals surface area contributed by atoms with Crippen LogP contribution in [-0.4, -0.2) is 6.10 Å². The molecule has 0 amide bonds. The van der Waals surface area contributed by atoms with Crippen molar-refractivity contribution in [2.45, 2.75) is 37.4 Å². The molecule has 2 aromatic rings. The van der Waals surface area contributed by atoms with Crippen LogP contribution in [0.15, 0.2) is 72.8 Å². The first-order chi connectivity index (χ1) is 10.9. The lowest BCUT2D eigenvalue weighted by atomic mass is 9.65. The van der Waals surface area contributed by atoms with Gasteiger partial charge in [0.05, 0.1) is 6.10 Å². The van der Waals surface area contributed by atoms with Crippen LogP contribution in [0, 0.1) is 5.92 Å². The van der Waals surface area contributed by atoms with Gasteiger partial charge in [0.25, 0.3) is 0 Å². The Morgan fingerprint density at radius 3 is 1.86 bits per heavy atom. The Balaban J connectivity index is 1.79. The summed E-state index contributed by atoms with van der Waals surface area (Å²) < 4.78 is 6.60. The fourth-order valence-electron chi connectivity index (χ4n) is 4.12. The molecule has 2 aromatic carbocycles. The molecule has 0 N–H and O–H groups in total. The average molecular weight is 290 g/mol. The van der Waals surface area contributed by atoms with Gasteiger partial charge in [-0.15, -0.1) is 0 Å². The smallest absolute Gasteiger partial charge is 0.124 e. The Hall–Kier alpha value is -1.86. The summed E-state index contributed by atoms with van der Waals surface area (Å²) in [6.45, 7) is 0. The van der Waals surface area contributed by atoms with Gasteiger partial charge >= 0.3 is 0 Å². The van der Waals surface area contributed by atoms with Gasteiger partial charge in [0.2, 0.25) is 0 Å². The summed E-state index contributed by atoms with van der Waals surface area (Å²) in [6, 6.07) is 21.5. The fourth-order valence-corrected chi connectivity index (χ4v) is 4.12. The van der Waals surface area contributed by atoms with Crippen molar-refractivity contribution in [2.75, 3.05) is 0 Å². The van der Waals surface area contributed by atoms with Crippen LogP contribution in [0.5, 0.6) is 0 Å². The highest BCUT2D eigenvalue weighted by molar-refractivity contribution is 5.40. The van der Waals surface area contributed by atoms with E-state index in [1.165, 1.54) is 17.5 Å². The van der Waals surface area contributed by atoms with Gasteiger partial charge in [0.1, 0.15) is 5.60 Å². The van der Waals surface area contributed by atoms with Crippen LogP contribution in [0.2, 0.25) is 0 Å². The maximum Gasteiger partial charge on any atom is 0.124 e. The third kappa shape index (κ3) is 2.12. The molecular formula is C21H22O. The highest BCUT2D eigenvalue weighted by Crippen LogP contribution is 2.55. The molecule has 1 aliphatic heterocycles. The predicted molar refractivity (Wildman–Crippen MR) is 89.6 cm³/mol. The molecule has 1 saturated heterocycles. The number of fused-ring (bicyclic) bond motifs is 1. The van der Waals surface area contributed by atoms with Crippen molar-refractivity contribution in [3.63, 3.8) is 0 Å². The maximum absolute atomic E-state index is 6.60. The summed E-state index contributed by atoms with van der Waals surface area (Å²) in [7, 11) is 0. The second kappa shape index (κ2) is 5.73. The number of ether oxygens (including phenoxy) is 1. The van der Waals surface area contributed by atoms with Crippen LogP contribution in [0.1, 0.15) is 36.8 Å². The molecule has 0 radical (unpaired) electrons. The van der Waals surface area contributed by atoms with Gasteiger partial charge in [-0.05, 0) is 36.8 Å². The van der Waals surface area contributed by atoms with Crippen molar-refractivity contribution < 1.29 is 4.74 Å². The normalized spacial score (nSPS) is 27.8. The van der Waals surface area contributed by atoms with Crippen molar-refractivity contribution in [1.29, 1.82) is 0 Å². The second-order valence-corrected chi connectivity index (χ2v) is 6.36. The van der Waals surface area contributed by atoms with Crippen LogP contribution in [0.4, 0.5) is 0 Å². The number of benzene rings is 2. The molecule has 1 fully saturated rings. The predicted octanol–water partition coefficient (Wildman–Crippen LogP) is 5.08. The highest BCUT2D eigenvalue weighted by atomic mass is 16.5. The minimum absolute atomic E-state index is 0.252. The summed E-state index contributed by atoms with van der Waals surface area (Å²) in [5.41, 5.74) is 2.34. The van der Waals surface area contributed by atoms with E-state index in [1.807, 2.05) is 0 Å². The topological polar surface area (TPSA) is 9.23 Å². The van der Waals surface area contributed by atoms with E-state index in [2.05, 4.69) is 72.8 Å². The van der Waals surface area contributed by atoms with Gasteiger partial charge in [-0.25, -0.2) is 0 Å². The lowest BCUT2D eigenvalue weighted by Gasteiger charge is -2.56. The zero-order valence-corrected chi connectivity index (χ0v) is 12.8. The Labute approximate surface area is 132 Å². The minimum atomic E-state index is -0.252. The van der Waals surface area contributed by atoms with Gasteiger partial charge in [-0.2, -0.15) is 0 Å². The first-order valence-electron chi connectivity index (χ1n) is 8.35. The maximum atomic E-state index is 6.60. The number of rotatable bonds is 2. The quantitative estimate of drug-likeness (QED) is 0.701. The lowest BCUT2D eigenvalue weighted by molar-refractivity contribution is -0.250. The number of hydrogen-bond acceptors (Lipinski definition) is 1. The summed E-state index contributed by atoms with van der Waals surface area (Å²) in [5.74, 6) is 0.572. The Morgan fingerprint density at radius 1 is 0.727 bits per heavy atom. The van der Waals surface area contributed by atoms with E-state index >= 15 is 0 Å². The molecule has 1 heterocycles. The third-order valence-corrected chi connectivity index (χ3v) is 5.14. The lowest BCUT2D eigenvalue weighted by Crippen LogP contribution is -2.58. The molecule has 4 rings (SSSR count). The number of hydrogen-bond donors (Lipinski definition) is 0. The van der Waals surface area contributed by atoms with E-state index in [0.717, 1.165) is 19.3 Å². The van der Waals surface area contributed by atoms with E-state index in [-0.39, 0.29) is 5.60 Å². The molecule has 0 aromatic heterocycles. The molecule has 0 bridgehead atoms. The fraction of sp³-hybridized carbons (Fsp3) is 0.333. The Kier molecular flexibility index (Phi) is 3.59. The number of allylic oxidation sites excluding steroid dienone is 2. The van der Waals surface area contributed by atoms with Crippen molar-refractivity contribution in [2.24, 2.45) is 5.92 Å². The molecule has 1 heteroatoms. The van der Waals surface area contributed by atoms with Gasteiger partial charge < -0.3 is 4.74 Å². The van der Waals surface area contributed by atoms with Crippen molar-refractivity contribution in [1.82, 2.24) is 0 Å². The largest absolute Gasteiger partial charge is 0.361 e. The van der Waals surface area contributed by atoms with E-state index in [4.69, 9.17) is 4.74 Å². The molecular weight excluding hydrogens is 268 g/mol. The Morgan fingerprint density at radius 2 is 1.27 bits per heavy atom. The first-order valence-corrected chi connectivity index (χ1v) is 8.35. The molecule has 0 spiro atoms. The van der Waals surface area contributed by atoms with Gasteiger partial charge in [0, 0.05) is 5.92 Å². The molecule has 2 aliphatic rings. The Bertz CT molecular complexity index is 605. The van der Waals surface area contributed by atoms with E-state index in [9.17, 15) is 0 Å². The standard InChI is InChI=1S/C21H22O/c1-2-10-16-20-19(15-9-1)21(22-20,17-11-5-3-6-12-17)18-13-7-4-8-14-18/h1-8,11-14,19-20H,9-10,15-16H2/b2-1-. The van der Waals surface area contributed by atoms with Crippen molar-refractivity contribution in [3.05, 3.63) is 83.9 Å². The van der Waals surface area contributed by atoms with E-state index in [1.54, 1.807) is 0 Å². The summed E-state index contributed by atoms with van der Waals surface area (Å²) in [4.78, 5) is 0. The highest BCUT2D eigenvalue weighted by Gasteiger charge is 2.56. The van der Waals surface area contributed by atoms with E-state index < -0.39 is 0 Å². The van der Waals surface area contributed by atoms with Crippen molar-refractivity contribution >= 4 is 0 Å². The summed E-state index contributed by atoms with van der Waals surface area (Å²) >= 11 is 0. The SMILES string of the molecule is C1=C\CCC2C(CC/1)OC2(c1ccccc1)c1ccccc1. The molecule has 0 saturated carbocycles. The average Bonchev–Trinajstić information content (AvgIpc) is 2.56.